The van der Waals surface area contributed by atoms with Gasteiger partial charge in [-0.1, -0.05) is 57.8 Å². The summed E-state index contributed by atoms with van der Waals surface area (Å²) in [6.07, 6.45) is 8.04. The zero-order chi connectivity index (χ0) is 10.7. The Hall–Kier alpha value is 0.697. The minimum atomic E-state index is -1.03. The van der Waals surface area contributed by atoms with Crippen LogP contribution in [0.25, 0.3) is 0 Å². The van der Waals surface area contributed by atoms with Gasteiger partial charge in [0.05, 0.1) is 8.07 Å². The molecule has 0 bridgehead atoms. The molecule has 1 saturated heterocycles. The first-order valence-electron chi connectivity index (χ1n) is 6.34. The Bertz CT molecular complexity index is 199. The normalized spacial score (nSPS) is 29.3. The molecule has 1 radical (unpaired) electrons. The summed E-state index contributed by atoms with van der Waals surface area (Å²) in [5.74, 6) is 0. The topological polar surface area (TPSA) is 0 Å². The van der Waals surface area contributed by atoms with Crippen LogP contribution in [0.15, 0.2) is 12.7 Å². The Balaban J connectivity index is 0.00000196. The van der Waals surface area contributed by atoms with E-state index in [4.69, 9.17) is 0 Å². The summed E-state index contributed by atoms with van der Waals surface area (Å²) in [5, 5.41) is 0.578. The molecule has 0 saturated carbocycles. The van der Waals surface area contributed by atoms with Crippen LogP contribution in [0.1, 0.15) is 46.5 Å². The third-order valence-corrected chi connectivity index (χ3v) is 11.9. The van der Waals surface area contributed by atoms with Crippen molar-refractivity contribution in [1.29, 1.82) is 0 Å². The molecule has 1 aliphatic heterocycles. The Morgan fingerprint density at radius 3 is 2.13 bits per heavy atom. The number of rotatable bonds is 4. The predicted molar refractivity (Wildman–Crippen MR) is 68.6 cm³/mol. The second kappa shape index (κ2) is 6.44. The van der Waals surface area contributed by atoms with Crippen molar-refractivity contribution in [3.05, 3.63) is 12.7 Å². The van der Waals surface area contributed by atoms with Gasteiger partial charge in [0.1, 0.15) is 0 Å². The van der Waals surface area contributed by atoms with E-state index in [0.29, 0.717) is 5.04 Å². The maximum Gasteiger partial charge on any atom is 0.0634 e. The van der Waals surface area contributed by atoms with Crippen molar-refractivity contribution in [1.82, 2.24) is 0 Å². The second-order valence-electron chi connectivity index (χ2n) is 4.91. The van der Waals surface area contributed by atoms with Crippen molar-refractivity contribution in [3.63, 3.8) is 0 Å². The second-order valence-corrected chi connectivity index (χ2v) is 10.4. The molecular weight excluding hydrogens is 292 g/mol. The molecule has 0 aromatic rings. The summed E-state index contributed by atoms with van der Waals surface area (Å²) >= 11 is 0. The molecule has 15 heavy (non-hydrogen) atoms. The number of hydrogen-bond acceptors (Lipinski definition) is 0. The van der Waals surface area contributed by atoms with Crippen LogP contribution in [0.3, 0.4) is 0 Å². The van der Waals surface area contributed by atoms with Gasteiger partial charge in [-0.15, -0.1) is 6.58 Å². The molecule has 0 spiro atoms. The van der Waals surface area contributed by atoms with Crippen LogP contribution in [0.4, 0.5) is 0 Å². The minimum absolute atomic E-state index is 0. The molecule has 0 aromatic carbocycles. The summed E-state index contributed by atoms with van der Waals surface area (Å²) in [6.45, 7) is 11.4. The SMILES string of the molecule is C=CC1(CC)CCCC[Si]1(CC)CC.[Ag]. The van der Waals surface area contributed by atoms with Gasteiger partial charge in [0.15, 0.2) is 0 Å². The summed E-state index contributed by atoms with van der Waals surface area (Å²) in [4.78, 5) is 0. The zero-order valence-electron chi connectivity index (χ0n) is 10.5. The third-order valence-electron chi connectivity index (χ3n) is 4.96. The molecular formula is C13H26AgSi. The Morgan fingerprint density at radius 1 is 1.20 bits per heavy atom. The van der Waals surface area contributed by atoms with Crippen molar-refractivity contribution < 1.29 is 22.4 Å². The van der Waals surface area contributed by atoms with E-state index in [9.17, 15) is 0 Å². The average molecular weight is 318 g/mol. The summed E-state index contributed by atoms with van der Waals surface area (Å²) in [7, 11) is -1.03. The van der Waals surface area contributed by atoms with E-state index in [1.54, 1.807) is 6.04 Å². The van der Waals surface area contributed by atoms with Crippen LogP contribution < -0.4 is 0 Å². The van der Waals surface area contributed by atoms with Gasteiger partial charge in [-0.05, 0) is 17.9 Å². The van der Waals surface area contributed by atoms with Crippen LogP contribution in [0, 0.1) is 0 Å². The number of hydrogen-bond donors (Lipinski definition) is 0. The van der Waals surface area contributed by atoms with Crippen LogP contribution >= 0.6 is 0 Å². The fraction of sp³-hybridized carbons (Fsp3) is 0.846. The van der Waals surface area contributed by atoms with Crippen molar-refractivity contribution in [2.75, 3.05) is 0 Å². The first kappa shape index (κ1) is 15.7. The van der Waals surface area contributed by atoms with Crippen molar-refractivity contribution >= 4 is 8.07 Å². The van der Waals surface area contributed by atoms with Gasteiger partial charge < -0.3 is 0 Å². The van der Waals surface area contributed by atoms with E-state index in [2.05, 4.69) is 33.4 Å². The van der Waals surface area contributed by atoms with Crippen molar-refractivity contribution in [2.24, 2.45) is 0 Å². The molecule has 1 atom stereocenters. The van der Waals surface area contributed by atoms with E-state index < -0.39 is 8.07 Å². The van der Waals surface area contributed by atoms with Gasteiger partial charge in [-0.3, -0.25) is 0 Å². The molecule has 1 heterocycles. The first-order valence-corrected chi connectivity index (χ1v) is 8.96. The van der Waals surface area contributed by atoms with E-state index >= 15 is 0 Å². The fourth-order valence-corrected chi connectivity index (χ4v) is 9.67. The smallest absolute Gasteiger partial charge is 0.0634 e. The molecule has 2 heteroatoms. The average Bonchev–Trinajstić information content (AvgIpc) is 2.28. The molecule has 0 amide bonds. The van der Waals surface area contributed by atoms with Gasteiger partial charge >= 0.3 is 0 Å². The predicted octanol–water partition coefficient (Wildman–Crippen LogP) is 4.99. The molecule has 0 aromatic heterocycles. The molecule has 1 fully saturated rings. The largest absolute Gasteiger partial charge is 0.103 e. The van der Waals surface area contributed by atoms with Gasteiger partial charge in [0, 0.05) is 22.4 Å². The Morgan fingerprint density at radius 2 is 1.80 bits per heavy atom. The molecule has 1 aliphatic rings. The molecule has 1 rings (SSSR count). The van der Waals surface area contributed by atoms with E-state index in [0.717, 1.165) is 0 Å². The third kappa shape index (κ3) is 2.51. The van der Waals surface area contributed by atoms with Gasteiger partial charge in [0.25, 0.3) is 0 Å². The molecule has 93 valence electrons. The van der Waals surface area contributed by atoms with E-state index in [1.165, 1.54) is 37.8 Å². The molecule has 0 aliphatic carbocycles. The van der Waals surface area contributed by atoms with Gasteiger partial charge in [0.2, 0.25) is 0 Å². The van der Waals surface area contributed by atoms with Crippen molar-refractivity contribution in [3.8, 4) is 0 Å². The molecule has 1 unspecified atom stereocenters. The van der Waals surface area contributed by atoms with Crippen molar-refractivity contribution in [2.45, 2.75) is 69.6 Å². The zero-order valence-corrected chi connectivity index (χ0v) is 13.0. The Kier molecular flexibility index (Phi) is 6.74. The minimum Gasteiger partial charge on any atom is -0.103 e. The molecule has 0 N–H and O–H groups in total. The van der Waals surface area contributed by atoms with Crippen LogP contribution in [0.2, 0.25) is 23.2 Å². The Labute approximate surface area is 112 Å². The maximum absolute atomic E-state index is 4.15. The quantitative estimate of drug-likeness (QED) is 0.506. The standard InChI is InChI=1S/C13H26Si.Ag/c1-5-13(6-2)11-9-10-12-14(13,7-3)8-4;/h5H,1,6-12H2,2-4H3;. The van der Waals surface area contributed by atoms with Gasteiger partial charge in [-0.2, -0.15) is 0 Å². The van der Waals surface area contributed by atoms with Crippen LogP contribution in [-0.4, -0.2) is 8.07 Å². The van der Waals surface area contributed by atoms with Crippen LogP contribution in [-0.2, 0) is 22.4 Å². The summed E-state index contributed by atoms with van der Waals surface area (Å²) in [5.41, 5.74) is 0. The molecule has 0 nitrogen and oxygen atoms in total. The fourth-order valence-electron chi connectivity index (χ4n) is 3.74. The first-order chi connectivity index (χ1) is 6.70. The monoisotopic (exact) mass is 317 g/mol. The summed E-state index contributed by atoms with van der Waals surface area (Å²) < 4.78 is 0. The summed E-state index contributed by atoms with van der Waals surface area (Å²) in [6, 6.07) is 4.48. The van der Waals surface area contributed by atoms with E-state index in [1.807, 2.05) is 0 Å². The number of allylic oxidation sites excluding steroid dienone is 1. The van der Waals surface area contributed by atoms with Crippen LogP contribution in [0.5, 0.6) is 0 Å². The van der Waals surface area contributed by atoms with E-state index in [-0.39, 0.29) is 22.4 Å². The maximum atomic E-state index is 4.15. The van der Waals surface area contributed by atoms with Gasteiger partial charge in [-0.25, -0.2) is 0 Å².